The maximum atomic E-state index is 8.63. The van der Waals surface area contributed by atoms with E-state index in [9.17, 15) is 0 Å². The molecule has 0 fully saturated rings. The summed E-state index contributed by atoms with van der Waals surface area (Å²) in [6.45, 7) is 10.8. The molecule has 4 aromatic carbocycles. The zero-order valence-electron chi connectivity index (χ0n) is 33.4. The van der Waals surface area contributed by atoms with Gasteiger partial charge in [-0.15, -0.1) is 54.1 Å². The number of rotatable bonds is 5. The predicted molar refractivity (Wildman–Crippen MR) is 203 cm³/mol. The molecule has 1 aliphatic rings. The van der Waals surface area contributed by atoms with Gasteiger partial charge < -0.3 is 14.4 Å². The van der Waals surface area contributed by atoms with Crippen molar-refractivity contribution in [2.24, 2.45) is 0 Å². The van der Waals surface area contributed by atoms with Crippen LogP contribution in [0.25, 0.3) is 55.6 Å². The first-order chi connectivity index (χ1) is 25.0. The van der Waals surface area contributed by atoms with Gasteiger partial charge in [-0.25, -0.2) is 0 Å². The molecule has 5 heteroatoms. The van der Waals surface area contributed by atoms with E-state index >= 15 is 0 Å². The van der Waals surface area contributed by atoms with E-state index in [1.807, 2.05) is 80.7 Å². The van der Waals surface area contributed by atoms with Crippen LogP contribution in [0.3, 0.4) is 0 Å². The molecule has 0 bridgehead atoms. The number of aryl methyl sites for hydroxylation is 1. The summed E-state index contributed by atoms with van der Waals surface area (Å²) in [6, 6.07) is 37.9. The third-order valence-corrected chi connectivity index (χ3v) is 10.7. The Bertz CT molecular complexity index is 2440. The fourth-order valence-electron chi connectivity index (χ4n) is 6.26. The Labute approximate surface area is 312 Å². The Hall–Kier alpha value is -4.15. The summed E-state index contributed by atoms with van der Waals surface area (Å²) in [7, 11) is -1.50. The first kappa shape index (κ1) is 28.7. The van der Waals surface area contributed by atoms with E-state index < -0.39 is 26.7 Å². The number of fused-ring (bicyclic) bond motifs is 4. The van der Waals surface area contributed by atoms with Crippen molar-refractivity contribution in [2.45, 2.75) is 65.0 Å². The third-order valence-electron chi connectivity index (χ3n) is 8.71. The van der Waals surface area contributed by atoms with Crippen molar-refractivity contribution in [1.82, 2.24) is 9.97 Å². The van der Waals surface area contributed by atoms with Crippen molar-refractivity contribution in [1.29, 1.82) is 0 Å². The van der Waals surface area contributed by atoms with Gasteiger partial charge in [0.05, 0.1) is 13.7 Å². The Kier molecular flexibility index (Phi) is 8.63. The van der Waals surface area contributed by atoms with Gasteiger partial charge in [-0.3, -0.25) is 0 Å². The number of aromatic nitrogens is 2. The van der Waals surface area contributed by atoms with E-state index in [2.05, 4.69) is 66.0 Å². The van der Waals surface area contributed by atoms with Crippen molar-refractivity contribution < 1.29 is 31.4 Å². The molecule has 3 nitrogen and oxygen atoms in total. The quantitative estimate of drug-likeness (QED) is 0.128. The average Bonchev–Trinajstić information content (AvgIpc) is 3.52. The van der Waals surface area contributed by atoms with Gasteiger partial charge >= 0.3 is 0 Å². The number of hydrogen-bond acceptors (Lipinski definition) is 3. The molecule has 0 atom stereocenters. The molecule has 0 aliphatic heterocycles. The van der Waals surface area contributed by atoms with Crippen LogP contribution in [-0.4, -0.2) is 18.0 Å². The summed E-state index contributed by atoms with van der Waals surface area (Å²) in [4.78, 5) is 9.12. The molecule has 3 aromatic heterocycles. The average molecular weight is 840 g/mol. The first-order valence-corrected chi connectivity index (χ1v) is 20.0. The minimum atomic E-state index is -1.69. The van der Waals surface area contributed by atoms with Crippen LogP contribution < -0.4 is 5.19 Å². The summed E-state index contributed by atoms with van der Waals surface area (Å²) < 4.78 is 48.9. The van der Waals surface area contributed by atoms with Crippen molar-refractivity contribution in [3.05, 3.63) is 138 Å². The minimum Gasteiger partial charge on any atom is -0.501 e. The minimum absolute atomic E-state index is 0. The second kappa shape index (κ2) is 14.8. The Balaban J connectivity index is 0.000000205. The largest absolute Gasteiger partial charge is 0.501 e. The number of pyridine rings is 2. The molecule has 49 heavy (non-hydrogen) atoms. The van der Waals surface area contributed by atoms with Gasteiger partial charge in [0.1, 0.15) is 5.58 Å². The molecule has 0 unspecified atom stereocenters. The molecule has 0 saturated carbocycles. The molecule has 0 spiro atoms. The first-order valence-electron chi connectivity index (χ1n) is 19.0. The third kappa shape index (κ3) is 7.26. The molecule has 249 valence electrons. The van der Waals surface area contributed by atoms with Gasteiger partial charge in [0.15, 0.2) is 0 Å². The maximum Gasteiger partial charge on any atom is 0.121 e. The fourth-order valence-corrected chi connectivity index (χ4v) is 7.84. The predicted octanol–water partition coefficient (Wildman–Crippen LogP) is 11.2. The molecule has 0 N–H and O–H groups in total. The molecular weight excluding hydrogens is 793 g/mol. The number of benzene rings is 4. The smallest absolute Gasteiger partial charge is 0.121 e. The molecular formula is C44H42IrN2OSi-2. The van der Waals surface area contributed by atoms with Crippen LogP contribution >= 0.6 is 0 Å². The van der Waals surface area contributed by atoms with Crippen molar-refractivity contribution in [2.75, 3.05) is 0 Å². The van der Waals surface area contributed by atoms with Crippen molar-refractivity contribution in [3.8, 4) is 33.6 Å². The van der Waals surface area contributed by atoms with Crippen LogP contribution in [0.5, 0.6) is 0 Å². The van der Waals surface area contributed by atoms with Crippen molar-refractivity contribution >= 4 is 35.2 Å². The topological polar surface area (TPSA) is 38.9 Å². The van der Waals surface area contributed by atoms with E-state index in [1.165, 1.54) is 5.19 Å². The van der Waals surface area contributed by atoms with Crippen LogP contribution in [0.15, 0.2) is 114 Å². The summed E-state index contributed by atoms with van der Waals surface area (Å²) in [5.41, 5.74) is 8.07. The van der Waals surface area contributed by atoms with Crippen LogP contribution in [0, 0.1) is 12.1 Å². The summed E-state index contributed by atoms with van der Waals surface area (Å²) in [5.74, 6) is -0.609. The van der Waals surface area contributed by atoms with E-state index in [1.54, 1.807) is 18.3 Å². The van der Waals surface area contributed by atoms with Gasteiger partial charge in [-0.2, -0.15) is 0 Å². The summed E-state index contributed by atoms with van der Waals surface area (Å²) >= 11 is 0. The second-order valence-electron chi connectivity index (χ2n) is 13.4. The second-order valence-corrected chi connectivity index (χ2v) is 18.4. The summed E-state index contributed by atoms with van der Waals surface area (Å²) in [5, 5.41) is 3.14. The molecule has 1 aliphatic carbocycles. The van der Waals surface area contributed by atoms with E-state index in [0.29, 0.717) is 28.0 Å². The summed E-state index contributed by atoms with van der Waals surface area (Å²) in [6.07, 6.45) is 0.474. The number of hydrogen-bond donors (Lipinski definition) is 0. The van der Waals surface area contributed by atoms with Gasteiger partial charge in [-0.05, 0) is 71.3 Å². The molecule has 0 saturated heterocycles. The number of nitrogens with zero attached hydrogens (tertiary/aromatic N) is 2. The molecule has 0 amide bonds. The van der Waals surface area contributed by atoms with Crippen LogP contribution in [0.4, 0.5) is 0 Å². The standard InChI is InChI=1S/C27H20NO.C17H22NSi.Ir/c1-2-7-18(8-3-1)20-13-14-22-23-11-6-12-24(27(23)29-25(22)17-20)26-21-10-5-4-9-19(21)15-16-28-26;1-13(2)15-11-16(14-9-7-6-8-10-14)18-12-17(15)19(3,4)5;/h1-3,6-8,11,13-17H,4-5,9-10H2;6-9,11-13H,1-5H3;/q2*-1;/i9D2,10D2;13D;. The molecule has 1 radical (unpaired) electrons. The fraction of sp³-hybridized carbons (Fsp3) is 0.227. The van der Waals surface area contributed by atoms with E-state index in [0.717, 1.165) is 44.3 Å². The van der Waals surface area contributed by atoms with E-state index in [-0.39, 0.29) is 32.9 Å². The van der Waals surface area contributed by atoms with Gasteiger partial charge in [0.2, 0.25) is 0 Å². The monoisotopic (exact) mass is 840 g/mol. The molecule has 7 aromatic rings. The normalized spacial score (nSPS) is 16.5. The SMILES string of the molecule is [2H]C(C)(C)c1cc(-c2[c-]cccc2)ncc1[Si](C)(C)C.[2H]C1([2H])CCC([2H])([2H])c2c1ccnc2-c1[c-]ccc2c1oc1cc(-c3ccccc3)ccc12.[Ir]. The molecule has 3 heterocycles. The zero-order chi connectivity index (χ0) is 37.8. The molecule has 8 rings (SSSR count). The van der Waals surface area contributed by atoms with Crippen LogP contribution in [0.2, 0.25) is 19.6 Å². The van der Waals surface area contributed by atoms with Crippen LogP contribution in [-0.2, 0) is 32.9 Å². The van der Waals surface area contributed by atoms with Gasteiger partial charge in [0, 0.05) is 44.7 Å². The maximum absolute atomic E-state index is 8.63. The van der Waals surface area contributed by atoms with Gasteiger partial charge in [0.25, 0.3) is 0 Å². The van der Waals surface area contributed by atoms with Crippen molar-refractivity contribution in [3.63, 3.8) is 0 Å². The Morgan fingerprint density at radius 3 is 2.37 bits per heavy atom. The Morgan fingerprint density at radius 2 is 1.61 bits per heavy atom. The van der Waals surface area contributed by atoms with Gasteiger partial charge in [-0.1, -0.05) is 110 Å². The Morgan fingerprint density at radius 1 is 0.816 bits per heavy atom. The number of furan rings is 1. The van der Waals surface area contributed by atoms with E-state index in [4.69, 9.17) is 11.3 Å². The zero-order valence-corrected chi connectivity index (χ0v) is 31.8. The van der Waals surface area contributed by atoms with Crippen LogP contribution in [0.1, 0.15) is 56.1 Å².